The third kappa shape index (κ3) is 4.34. The smallest absolute Gasteiger partial charge is 0.161 e. The summed E-state index contributed by atoms with van der Waals surface area (Å²) in [6, 6.07) is 0. The van der Waals surface area contributed by atoms with Crippen molar-refractivity contribution in [3.8, 4) is 0 Å². The molecule has 4 nitrogen and oxygen atoms in total. The van der Waals surface area contributed by atoms with Crippen LogP contribution in [0.1, 0.15) is 105 Å². The first-order valence-electron chi connectivity index (χ1n) is 13.6. The molecule has 0 spiro atoms. The van der Waals surface area contributed by atoms with E-state index in [1.807, 2.05) is 13.8 Å². The fraction of sp³-hybridized carbons (Fsp3) is 0.929. The molecule has 184 valence electrons. The van der Waals surface area contributed by atoms with Crippen LogP contribution in [0.3, 0.4) is 0 Å². The van der Waals surface area contributed by atoms with Gasteiger partial charge < -0.3 is 19.7 Å². The molecule has 0 amide bonds. The van der Waals surface area contributed by atoms with Gasteiger partial charge in [0, 0.05) is 13.0 Å². The second-order valence-electron chi connectivity index (χ2n) is 11.8. The average molecular weight is 449 g/mol. The second-order valence-corrected chi connectivity index (χ2v) is 11.8. The Morgan fingerprint density at radius 3 is 2.56 bits per heavy atom. The zero-order valence-corrected chi connectivity index (χ0v) is 21.2. The molecule has 0 aromatic carbocycles. The van der Waals surface area contributed by atoms with Gasteiger partial charge in [-0.05, 0) is 113 Å². The predicted molar refractivity (Wildman–Crippen MR) is 128 cm³/mol. The number of hydrogen-bond donors (Lipinski definition) is 2. The highest BCUT2D eigenvalue weighted by Gasteiger charge is 2.59. The summed E-state index contributed by atoms with van der Waals surface area (Å²) in [5.41, 5.74) is 3.78. The highest BCUT2D eigenvalue weighted by atomic mass is 16.7. The molecule has 0 radical (unpaired) electrons. The molecule has 0 aromatic heterocycles. The highest BCUT2D eigenvalue weighted by molar-refractivity contribution is 5.29. The summed E-state index contributed by atoms with van der Waals surface area (Å²) in [5, 5.41) is 20.9. The SMILES string of the molecule is CCOC(C)OC(O)C/C(CC)=C1\CCC2C3CCC4CC(O)CCC4(C)C3CCC12C. The van der Waals surface area contributed by atoms with Crippen LogP contribution in [-0.2, 0) is 9.47 Å². The molecule has 4 heteroatoms. The summed E-state index contributed by atoms with van der Waals surface area (Å²) in [6.45, 7) is 11.8. The number of rotatable bonds is 7. The maximum absolute atomic E-state index is 10.6. The number of hydrogen-bond acceptors (Lipinski definition) is 4. The molecule has 0 aromatic rings. The number of aliphatic hydroxyl groups is 2. The van der Waals surface area contributed by atoms with Gasteiger partial charge in [-0.1, -0.05) is 31.9 Å². The van der Waals surface area contributed by atoms with Crippen molar-refractivity contribution in [1.82, 2.24) is 0 Å². The van der Waals surface area contributed by atoms with E-state index in [1.165, 1.54) is 50.5 Å². The van der Waals surface area contributed by atoms with E-state index in [1.54, 1.807) is 5.57 Å². The lowest BCUT2D eigenvalue weighted by atomic mass is 9.45. The van der Waals surface area contributed by atoms with Crippen molar-refractivity contribution in [1.29, 1.82) is 0 Å². The number of allylic oxidation sites excluding steroid dienone is 1. The van der Waals surface area contributed by atoms with E-state index in [9.17, 15) is 10.2 Å². The Hall–Kier alpha value is -0.420. The second kappa shape index (κ2) is 9.68. The van der Waals surface area contributed by atoms with E-state index in [-0.39, 0.29) is 17.8 Å². The van der Waals surface area contributed by atoms with Crippen LogP contribution in [0.15, 0.2) is 11.1 Å². The van der Waals surface area contributed by atoms with Gasteiger partial charge in [0.1, 0.15) is 0 Å². The molecule has 2 N–H and O–H groups in total. The quantitative estimate of drug-likeness (QED) is 0.359. The van der Waals surface area contributed by atoms with Gasteiger partial charge in [-0.25, -0.2) is 0 Å². The van der Waals surface area contributed by atoms with Gasteiger partial charge >= 0.3 is 0 Å². The molecule has 9 atom stereocenters. The normalized spacial score (nSPS) is 44.9. The first-order valence-corrected chi connectivity index (χ1v) is 13.6. The predicted octanol–water partition coefficient (Wildman–Crippen LogP) is 6.20. The van der Waals surface area contributed by atoms with Crippen LogP contribution in [0.5, 0.6) is 0 Å². The van der Waals surface area contributed by atoms with E-state index in [4.69, 9.17) is 9.47 Å². The van der Waals surface area contributed by atoms with E-state index in [0.29, 0.717) is 18.4 Å². The van der Waals surface area contributed by atoms with Gasteiger partial charge in [0.15, 0.2) is 12.6 Å². The lowest BCUT2D eigenvalue weighted by Crippen LogP contribution is -2.53. The maximum Gasteiger partial charge on any atom is 0.161 e. The molecule has 4 aliphatic rings. The molecule has 9 unspecified atom stereocenters. The van der Waals surface area contributed by atoms with E-state index in [2.05, 4.69) is 20.8 Å². The Morgan fingerprint density at radius 1 is 1.06 bits per heavy atom. The van der Waals surface area contributed by atoms with Gasteiger partial charge in [0.25, 0.3) is 0 Å². The topological polar surface area (TPSA) is 58.9 Å². The summed E-state index contributed by atoms with van der Waals surface area (Å²) in [5.74, 6) is 3.17. The van der Waals surface area contributed by atoms with Crippen LogP contribution < -0.4 is 0 Å². The molecule has 4 fully saturated rings. The highest BCUT2D eigenvalue weighted by Crippen LogP contribution is 2.67. The molecule has 4 saturated carbocycles. The van der Waals surface area contributed by atoms with E-state index >= 15 is 0 Å². The standard InChI is InChI=1S/C28H48O4/c1-6-19(16-26(30)32-18(3)31-7-2)23-10-11-24-22-9-8-20-17-21(29)12-14-27(20,4)25(22)13-15-28(23,24)5/h18,20-22,24-26,29-30H,6-17H2,1-5H3/b23-19+. The minimum Gasteiger partial charge on any atom is -0.393 e. The van der Waals surface area contributed by atoms with Crippen molar-refractivity contribution in [2.24, 2.45) is 34.5 Å². The van der Waals surface area contributed by atoms with Crippen LogP contribution in [0.4, 0.5) is 0 Å². The van der Waals surface area contributed by atoms with Crippen LogP contribution in [0.2, 0.25) is 0 Å². The van der Waals surface area contributed by atoms with Gasteiger partial charge in [-0.3, -0.25) is 0 Å². The maximum atomic E-state index is 10.6. The van der Waals surface area contributed by atoms with Gasteiger partial charge in [0.05, 0.1) is 6.10 Å². The molecule has 0 saturated heterocycles. The molecule has 0 aliphatic heterocycles. The third-order valence-electron chi connectivity index (χ3n) is 10.4. The fourth-order valence-electron chi connectivity index (χ4n) is 8.86. The van der Waals surface area contributed by atoms with E-state index < -0.39 is 6.29 Å². The lowest BCUT2D eigenvalue weighted by molar-refractivity contribution is -0.217. The van der Waals surface area contributed by atoms with Crippen LogP contribution >= 0.6 is 0 Å². The summed E-state index contributed by atoms with van der Waals surface area (Å²) >= 11 is 0. The summed E-state index contributed by atoms with van der Waals surface area (Å²) in [7, 11) is 0. The van der Waals surface area contributed by atoms with Gasteiger partial charge in [-0.15, -0.1) is 0 Å². The first-order chi connectivity index (χ1) is 15.2. The minimum absolute atomic E-state index is 0.0642. The van der Waals surface area contributed by atoms with Crippen LogP contribution in [0.25, 0.3) is 0 Å². The monoisotopic (exact) mass is 448 g/mol. The van der Waals surface area contributed by atoms with Crippen molar-refractivity contribution in [2.45, 2.75) is 124 Å². The zero-order chi connectivity index (χ0) is 23.1. The molecule has 0 heterocycles. The molecular weight excluding hydrogens is 400 g/mol. The molecule has 4 aliphatic carbocycles. The first kappa shape index (κ1) is 24.7. The Balaban J connectivity index is 1.51. The fourth-order valence-corrected chi connectivity index (χ4v) is 8.86. The van der Waals surface area contributed by atoms with Crippen molar-refractivity contribution in [2.75, 3.05) is 6.61 Å². The van der Waals surface area contributed by atoms with Crippen molar-refractivity contribution >= 4 is 0 Å². The van der Waals surface area contributed by atoms with Gasteiger partial charge in [0.2, 0.25) is 0 Å². The summed E-state index contributed by atoms with van der Waals surface area (Å²) in [6.07, 6.45) is 11.4. The van der Waals surface area contributed by atoms with Crippen molar-refractivity contribution < 1.29 is 19.7 Å². The molecule has 0 bridgehead atoms. The Morgan fingerprint density at radius 2 is 1.84 bits per heavy atom. The summed E-state index contributed by atoms with van der Waals surface area (Å²) < 4.78 is 11.2. The van der Waals surface area contributed by atoms with Crippen molar-refractivity contribution in [3.05, 3.63) is 11.1 Å². The Bertz CT molecular complexity index is 689. The van der Waals surface area contributed by atoms with Crippen LogP contribution in [0, 0.1) is 34.5 Å². The largest absolute Gasteiger partial charge is 0.393 e. The van der Waals surface area contributed by atoms with Crippen LogP contribution in [-0.4, -0.2) is 35.5 Å². The molecular formula is C28H48O4. The number of aliphatic hydroxyl groups excluding tert-OH is 2. The Labute approximate surface area is 196 Å². The number of ether oxygens (including phenoxy) is 2. The van der Waals surface area contributed by atoms with Gasteiger partial charge in [-0.2, -0.15) is 0 Å². The zero-order valence-electron chi connectivity index (χ0n) is 21.2. The minimum atomic E-state index is -0.791. The molecule has 32 heavy (non-hydrogen) atoms. The average Bonchev–Trinajstić information content (AvgIpc) is 3.09. The van der Waals surface area contributed by atoms with E-state index in [0.717, 1.165) is 42.9 Å². The van der Waals surface area contributed by atoms with Crippen molar-refractivity contribution in [3.63, 3.8) is 0 Å². The molecule has 4 rings (SSSR count). The summed E-state index contributed by atoms with van der Waals surface area (Å²) in [4.78, 5) is 0. The lowest BCUT2D eigenvalue weighted by Gasteiger charge is -2.60. The number of fused-ring (bicyclic) bond motifs is 5. The Kier molecular flexibility index (Phi) is 7.47. The third-order valence-corrected chi connectivity index (χ3v) is 10.4.